The maximum atomic E-state index is 11.8. The number of unbranched alkanes of at least 4 members (excludes halogenated alkanes) is 6. The molecule has 0 radical (unpaired) electrons. The summed E-state index contributed by atoms with van der Waals surface area (Å²) in [7, 11) is 0. The Labute approximate surface area is 202 Å². The topological polar surface area (TPSA) is 52.6 Å². The van der Waals surface area contributed by atoms with Crippen LogP contribution in [0.3, 0.4) is 0 Å². The molecule has 0 saturated carbocycles. The van der Waals surface area contributed by atoms with E-state index in [9.17, 15) is 9.59 Å². The SMILES string of the molecule is CC(C)(C)OC(=O)CCCCCCC(CCCCCCC(=O)OC(C)(C)C)c1ccccc1. The Balaban J connectivity index is 2.27. The summed E-state index contributed by atoms with van der Waals surface area (Å²) in [4.78, 5) is 23.7. The van der Waals surface area contributed by atoms with Gasteiger partial charge >= 0.3 is 11.9 Å². The molecule has 0 spiro atoms. The lowest BCUT2D eigenvalue weighted by Crippen LogP contribution is -2.23. The summed E-state index contributed by atoms with van der Waals surface area (Å²) >= 11 is 0. The second-order valence-corrected chi connectivity index (χ2v) is 11.2. The number of rotatable bonds is 15. The van der Waals surface area contributed by atoms with Gasteiger partial charge in [-0.05, 0) is 78.7 Å². The number of hydrogen-bond acceptors (Lipinski definition) is 4. The number of hydrogen-bond donors (Lipinski definition) is 0. The van der Waals surface area contributed by atoms with E-state index in [1.807, 2.05) is 41.5 Å². The lowest BCUT2D eigenvalue weighted by molar-refractivity contribution is -0.156. The summed E-state index contributed by atoms with van der Waals surface area (Å²) in [5.41, 5.74) is 0.644. The molecular formula is C29H48O4. The molecule has 0 heterocycles. The maximum absolute atomic E-state index is 11.8. The molecule has 33 heavy (non-hydrogen) atoms. The van der Waals surface area contributed by atoms with E-state index in [2.05, 4.69) is 30.3 Å². The monoisotopic (exact) mass is 460 g/mol. The van der Waals surface area contributed by atoms with Gasteiger partial charge < -0.3 is 9.47 Å². The van der Waals surface area contributed by atoms with Gasteiger partial charge in [0.05, 0.1) is 0 Å². The van der Waals surface area contributed by atoms with Crippen LogP contribution in [-0.4, -0.2) is 23.1 Å². The number of carbonyl (C=O) groups is 2. The van der Waals surface area contributed by atoms with Crippen LogP contribution in [0, 0.1) is 0 Å². The van der Waals surface area contributed by atoms with Crippen molar-refractivity contribution < 1.29 is 19.1 Å². The minimum absolute atomic E-state index is 0.0867. The van der Waals surface area contributed by atoms with Crippen molar-refractivity contribution in [3.05, 3.63) is 35.9 Å². The van der Waals surface area contributed by atoms with Crippen molar-refractivity contribution in [2.75, 3.05) is 0 Å². The molecule has 4 heteroatoms. The summed E-state index contributed by atoms with van der Waals surface area (Å²) in [5, 5.41) is 0. The average Bonchev–Trinajstić information content (AvgIpc) is 2.69. The van der Waals surface area contributed by atoms with Crippen LogP contribution >= 0.6 is 0 Å². The van der Waals surface area contributed by atoms with E-state index in [1.165, 1.54) is 31.2 Å². The van der Waals surface area contributed by atoms with Gasteiger partial charge in [0, 0.05) is 12.8 Å². The maximum Gasteiger partial charge on any atom is 0.306 e. The fraction of sp³-hybridized carbons (Fsp3) is 0.724. The van der Waals surface area contributed by atoms with E-state index >= 15 is 0 Å². The first-order chi connectivity index (χ1) is 15.5. The standard InChI is InChI=1S/C29H48O4/c1-28(2,3)32-26(30)22-16-9-7-12-18-24(25-20-14-11-15-21-25)19-13-8-10-17-23-27(31)33-29(4,5)6/h11,14-15,20-21,24H,7-10,12-13,16-19,22-23H2,1-6H3. The molecule has 0 saturated heterocycles. The molecule has 0 aromatic heterocycles. The van der Waals surface area contributed by atoms with Crippen molar-refractivity contribution in [1.29, 1.82) is 0 Å². The third-order valence-electron chi connectivity index (χ3n) is 5.48. The Morgan fingerprint density at radius 2 is 1.03 bits per heavy atom. The zero-order valence-electron chi connectivity index (χ0n) is 22.1. The predicted octanol–water partition coefficient (Wildman–Crippen LogP) is 8.13. The molecular weight excluding hydrogens is 412 g/mol. The van der Waals surface area contributed by atoms with E-state index in [0.717, 1.165) is 38.5 Å². The average molecular weight is 461 g/mol. The number of ether oxygens (including phenoxy) is 2. The minimum atomic E-state index is -0.393. The number of esters is 2. The van der Waals surface area contributed by atoms with E-state index in [0.29, 0.717) is 18.8 Å². The second kappa shape index (κ2) is 15.1. The van der Waals surface area contributed by atoms with Gasteiger partial charge in [-0.1, -0.05) is 68.9 Å². The van der Waals surface area contributed by atoms with Gasteiger partial charge in [-0.15, -0.1) is 0 Å². The van der Waals surface area contributed by atoms with E-state index in [1.54, 1.807) is 0 Å². The van der Waals surface area contributed by atoms with Crippen LogP contribution in [0.15, 0.2) is 30.3 Å². The highest BCUT2D eigenvalue weighted by molar-refractivity contribution is 5.70. The van der Waals surface area contributed by atoms with Crippen LogP contribution in [0.2, 0.25) is 0 Å². The quantitative estimate of drug-likeness (QED) is 0.196. The molecule has 0 N–H and O–H groups in total. The molecule has 1 aromatic carbocycles. The van der Waals surface area contributed by atoms with Crippen molar-refractivity contribution in [2.24, 2.45) is 0 Å². The summed E-state index contributed by atoms with van der Waals surface area (Å²) < 4.78 is 10.8. The lowest BCUT2D eigenvalue weighted by atomic mass is 9.88. The molecule has 0 fully saturated rings. The smallest absolute Gasteiger partial charge is 0.306 e. The van der Waals surface area contributed by atoms with Crippen LogP contribution in [0.4, 0.5) is 0 Å². The van der Waals surface area contributed by atoms with Gasteiger partial charge in [0.2, 0.25) is 0 Å². The summed E-state index contributed by atoms with van der Waals surface area (Å²) in [6, 6.07) is 10.8. The molecule has 0 bridgehead atoms. The van der Waals surface area contributed by atoms with Crippen molar-refractivity contribution in [2.45, 2.75) is 136 Å². The van der Waals surface area contributed by atoms with Crippen LogP contribution < -0.4 is 0 Å². The van der Waals surface area contributed by atoms with E-state index < -0.39 is 11.2 Å². The molecule has 0 atom stereocenters. The largest absolute Gasteiger partial charge is 0.460 e. The van der Waals surface area contributed by atoms with Crippen molar-refractivity contribution in [3.63, 3.8) is 0 Å². The first-order valence-corrected chi connectivity index (χ1v) is 12.9. The zero-order chi connectivity index (χ0) is 24.7. The van der Waals surface area contributed by atoms with Crippen molar-refractivity contribution >= 4 is 11.9 Å². The van der Waals surface area contributed by atoms with Crippen molar-refractivity contribution in [1.82, 2.24) is 0 Å². The normalized spacial score (nSPS) is 12.1. The zero-order valence-corrected chi connectivity index (χ0v) is 22.1. The Bertz CT molecular complexity index is 627. The highest BCUT2D eigenvalue weighted by Crippen LogP contribution is 2.28. The molecule has 188 valence electrons. The fourth-order valence-corrected chi connectivity index (χ4v) is 4.02. The molecule has 0 aliphatic rings. The summed E-state index contributed by atoms with van der Waals surface area (Å²) in [6.45, 7) is 11.5. The third-order valence-corrected chi connectivity index (χ3v) is 5.48. The highest BCUT2D eigenvalue weighted by atomic mass is 16.6. The molecule has 0 aliphatic heterocycles. The predicted molar refractivity (Wildman–Crippen MR) is 136 cm³/mol. The van der Waals surface area contributed by atoms with Gasteiger partial charge in [0.15, 0.2) is 0 Å². The fourth-order valence-electron chi connectivity index (χ4n) is 4.02. The van der Waals surface area contributed by atoms with Crippen LogP contribution in [-0.2, 0) is 19.1 Å². The first kappa shape index (κ1) is 29.2. The first-order valence-electron chi connectivity index (χ1n) is 12.9. The Morgan fingerprint density at radius 1 is 0.636 bits per heavy atom. The minimum Gasteiger partial charge on any atom is -0.460 e. The van der Waals surface area contributed by atoms with Crippen molar-refractivity contribution in [3.8, 4) is 0 Å². The molecule has 0 unspecified atom stereocenters. The van der Waals surface area contributed by atoms with Gasteiger partial charge in [-0.2, -0.15) is 0 Å². The number of carbonyl (C=O) groups excluding carboxylic acids is 2. The Kier molecular flexibility index (Phi) is 13.4. The highest BCUT2D eigenvalue weighted by Gasteiger charge is 2.17. The van der Waals surface area contributed by atoms with Gasteiger partial charge in [-0.3, -0.25) is 9.59 Å². The number of benzene rings is 1. The van der Waals surface area contributed by atoms with Gasteiger partial charge in [0.25, 0.3) is 0 Å². The van der Waals surface area contributed by atoms with Crippen LogP contribution in [0.25, 0.3) is 0 Å². The van der Waals surface area contributed by atoms with E-state index in [-0.39, 0.29) is 11.9 Å². The Hall–Kier alpha value is -1.84. The van der Waals surface area contributed by atoms with E-state index in [4.69, 9.17) is 9.47 Å². The van der Waals surface area contributed by atoms with Gasteiger partial charge in [-0.25, -0.2) is 0 Å². The molecule has 1 rings (SSSR count). The second-order valence-electron chi connectivity index (χ2n) is 11.2. The molecule has 1 aromatic rings. The molecule has 4 nitrogen and oxygen atoms in total. The molecule has 0 amide bonds. The lowest BCUT2D eigenvalue weighted by Gasteiger charge is -2.19. The summed E-state index contributed by atoms with van der Waals surface area (Å²) in [5.74, 6) is 0.413. The summed E-state index contributed by atoms with van der Waals surface area (Å²) in [6.07, 6.45) is 12.1. The third kappa shape index (κ3) is 16.4. The molecule has 0 aliphatic carbocycles. The van der Waals surface area contributed by atoms with Crippen LogP contribution in [0.1, 0.15) is 130 Å². The Morgan fingerprint density at radius 3 is 1.42 bits per heavy atom. The van der Waals surface area contributed by atoms with Gasteiger partial charge in [0.1, 0.15) is 11.2 Å². The van der Waals surface area contributed by atoms with Crippen LogP contribution in [0.5, 0.6) is 0 Å².